The molecular formula is C23H26N4O3S2. The quantitative estimate of drug-likeness (QED) is 0.385. The van der Waals surface area contributed by atoms with Gasteiger partial charge in [-0.05, 0) is 51.3 Å². The number of hydrogen-bond donors (Lipinski definition) is 0. The molecule has 1 saturated heterocycles. The van der Waals surface area contributed by atoms with Crippen molar-refractivity contribution in [3.63, 3.8) is 0 Å². The zero-order valence-corrected chi connectivity index (χ0v) is 19.8. The van der Waals surface area contributed by atoms with Crippen LogP contribution in [0.1, 0.15) is 58.8 Å². The summed E-state index contributed by atoms with van der Waals surface area (Å²) in [5.41, 5.74) is 3.41. The standard InChI is InChI=1S/C23H26N4O3S2/c1-15-12-20(16(2)26(15)19-10-11-32(29,30)14-19)21(28)13-31-23-24-22(17-8-9-17)27(25-23)18-6-4-3-5-7-18/h3-7,12,17,19H,8-11,13-14H2,1-2H3. The van der Waals surface area contributed by atoms with Crippen LogP contribution in [-0.2, 0) is 9.84 Å². The smallest absolute Gasteiger partial charge is 0.209 e. The number of sulfone groups is 1. The van der Waals surface area contributed by atoms with Crippen molar-refractivity contribution in [2.75, 3.05) is 17.3 Å². The summed E-state index contributed by atoms with van der Waals surface area (Å²) in [5.74, 6) is 2.03. The van der Waals surface area contributed by atoms with E-state index < -0.39 is 9.84 Å². The van der Waals surface area contributed by atoms with Gasteiger partial charge < -0.3 is 4.57 Å². The highest BCUT2D eigenvalue weighted by atomic mass is 32.2. The number of carbonyl (C=O) groups excluding carboxylic acids is 1. The molecule has 0 radical (unpaired) electrons. The number of nitrogens with zero attached hydrogens (tertiary/aromatic N) is 4. The zero-order chi connectivity index (χ0) is 22.5. The number of aryl methyl sites for hydroxylation is 1. The number of para-hydroxylation sites is 1. The van der Waals surface area contributed by atoms with E-state index in [9.17, 15) is 13.2 Å². The first-order valence-corrected chi connectivity index (χ1v) is 13.7. The number of rotatable bonds is 7. The van der Waals surface area contributed by atoms with E-state index in [1.54, 1.807) is 0 Å². The van der Waals surface area contributed by atoms with Gasteiger partial charge in [-0.3, -0.25) is 4.79 Å². The Morgan fingerprint density at radius 1 is 1.16 bits per heavy atom. The molecule has 32 heavy (non-hydrogen) atoms. The van der Waals surface area contributed by atoms with Gasteiger partial charge in [-0.25, -0.2) is 18.1 Å². The van der Waals surface area contributed by atoms with Crippen LogP contribution < -0.4 is 0 Å². The summed E-state index contributed by atoms with van der Waals surface area (Å²) in [5, 5.41) is 5.29. The third kappa shape index (κ3) is 4.15. The third-order valence-electron chi connectivity index (χ3n) is 6.25. The summed E-state index contributed by atoms with van der Waals surface area (Å²) in [6.45, 7) is 3.84. The van der Waals surface area contributed by atoms with Crippen molar-refractivity contribution in [3.8, 4) is 5.69 Å². The number of ketones is 1. The molecule has 9 heteroatoms. The monoisotopic (exact) mass is 470 g/mol. The van der Waals surface area contributed by atoms with Gasteiger partial charge in [0.25, 0.3) is 0 Å². The van der Waals surface area contributed by atoms with Gasteiger partial charge in [0.15, 0.2) is 15.6 Å². The first kappa shape index (κ1) is 21.5. The minimum Gasteiger partial charge on any atom is -0.344 e. The van der Waals surface area contributed by atoms with Gasteiger partial charge in [0.05, 0.1) is 22.9 Å². The molecule has 0 N–H and O–H groups in total. The van der Waals surface area contributed by atoms with E-state index >= 15 is 0 Å². The molecule has 168 valence electrons. The number of thioether (sulfide) groups is 1. The average Bonchev–Trinajstić information content (AvgIpc) is 3.32. The van der Waals surface area contributed by atoms with Crippen LogP contribution in [0.4, 0.5) is 0 Å². The Kier molecular flexibility index (Phi) is 5.49. The molecule has 3 heterocycles. The molecule has 3 aromatic rings. The molecule has 1 unspecified atom stereocenters. The van der Waals surface area contributed by atoms with Crippen molar-refractivity contribution in [3.05, 3.63) is 59.2 Å². The maximum Gasteiger partial charge on any atom is 0.209 e. The largest absolute Gasteiger partial charge is 0.344 e. The van der Waals surface area contributed by atoms with E-state index in [1.165, 1.54) is 11.8 Å². The number of Topliss-reactive ketones (excluding diaryl/α,β-unsaturated/α-hetero) is 1. The topological polar surface area (TPSA) is 86.8 Å². The van der Waals surface area contributed by atoms with Gasteiger partial charge in [-0.15, -0.1) is 5.10 Å². The van der Waals surface area contributed by atoms with Crippen molar-refractivity contribution in [2.45, 2.75) is 50.2 Å². The van der Waals surface area contributed by atoms with Gasteiger partial charge in [-0.2, -0.15) is 0 Å². The fourth-order valence-electron chi connectivity index (χ4n) is 4.54. The first-order chi connectivity index (χ1) is 15.3. The maximum absolute atomic E-state index is 13.0. The molecule has 2 aromatic heterocycles. The highest BCUT2D eigenvalue weighted by Crippen LogP contribution is 2.40. The van der Waals surface area contributed by atoms with Crippen LogP contribution in [0.5, 0.6) is 0 Å². The minimum atomic E-state index is -2.99. The molecule has 0 amide bonds. The summed E-state index contributed by atoms with van der Waals surface area (Å²) in [6, 6.07) is 11.8. The zero-order valence-electron chi connectivity index (χ0n) is 18.2. The lowest BCUT2D eigenvalue weighted by atomic mass is 10.2. The molecule has 1 atom stereocenters. The summed E-state index contributed by atoms with van der Waals surface area (Å²) < 4.78 is 27.8. The summed E-state index contributed by atoms with van der Waals surface area (Å²) in [4.78, 5) is 17.8. The second-order valence-corrected chi connectivity index (χ2v) is 11.9. The highest BCUT2D eigenvalue weighted by molar-refractivity contribution is 7.99. The number of carbonyl (C=O) groups is 1. The van der Waals surface area contributed by atoms with Crippen LogP contribution in [0, 0.1) is 13.8 Å². The van der Waals surface area contributed by atoms with Gasteiger partial charge in [0.2, 0.25) is 5.16 Å². The van der Waals surface area contributed by atoms with Crippen molar-refractivity contribution >= 4 is 27.4 Å². The van der Waals surface area contributed by atoms with Crippen LogP contribution in [0.25, 0.3) is 5.69 Å². The Labute approximate surface area is 192 Å². The van der Waals surface area contributed by atoms with E-state index in [1.807, 2.05) is 59.5 Å². The number of hydrogen-bond acceptors (Lipinski definition) is 6. The minimum absolute atomic E-state index is 0.0132. The molecule has 0 bridgehead atoms. The number of aromatic nitrogens is 4. The number of benzene rings is 1. The van der Waals surface area contributed by atoms with Crippen LogP contribution >= 0.6 is 11.8 Å². The molecule has 1 aliphatic heterocycles. The van der Waals surface area contributed by atoms with Crippen molar-refractivity contribution in [1.82, 2.24) is 19.3 Å². The van der Waals surface area contributed by atoms with E-state index in [2.05, 4.69) is 5.10 Å². The third-order valence-corrected chi connectivity index (χ3v) is 8.83. The summed E-state index contributed by atoms with van der Waals surface area (Å²) >= 11 is 1.36. The predicted molar refractivity (Wildman–Crippen MR) is 125 cm³/mol. The van der Waals surface area contributed by atoms with Crippen molar-refractivity contribution in [2.24, 2.45) is 0 Å². The predicted octanol–water partition coefficient (Wildman–Crippen LogP) is 3.90. The normalized spacial score (nSPS) is 20.0. The van der Waals surface area contributed by atoms with Crippen LogP contribution in [0.3, 0.4) is 0 Å². The average molecular weight is 471 g/mol. The van der Waals surface area contributed by atoms with Crippen molar-refractivity contribution in [1.29, 1.82) is 0 Å². The molecule has 1 aromatic carbocycles. The molecule has 1 aliphatic carbocycles. The lowest BCUT2D eigenvalue weighted by molar-refractivity contribution is 0.102. The van der Waals surface area contributed by atoms with Gasteiger partial charge in [0, 0.05) is 28.9 Å². The molecular weight excluding hydrogens is 444 g/mol. The first-order valence-electron chi connectivity index (χ1n) is 10.9. The second-order valence-electron chi connectivity index (χ2n) is 8.70. The molecule has 0 spiro atoms. The van der Waals surface area contributed by atoms with Gasteiger partial charge >= 0.3 is 0 Å². The summed E-state index contributed by atoms with van der Waals surface area (Å²) in [6.07, 6.45) is 2.85. The van der Waals surface area contributed by atoms with E-state index in [4.69, 9.17) is 4.98 Å². The summed E-state index contributed by atoms with van der Waals surface area (Å²) in [7, 11) is -2.99. The Bertz CT molecular complexity index is 1270. The molecule has 2 aliphatic rings. The van der Waals surface area contributed by atoms with E-state index in [0.717, 1.165) is 35.7 Å². The Morgan fingerprint density at radius 3 is 2.56 bits per heavy atom. The molecule has 7 nitrogen and oxygen atoms in total. The lowest BCUT2D eigenvalue weighted by Crippen LogP contribution is -2.14. The molecule has 5 rings (SSSR count). The Hall–Kier alpha value is -2.39. The highest BCUT2D eigenvalue weighted by Gasteiger charge is 2.32. The SMILES string of the molecule is Cc1cc(C(=O)CSc2nc(C3CC3)n(-c3ccccc3)n2)c(C)n1C1CCS(=O)(=O)C1. The van der Waals surface area contributed by atoms with Crippen LogP contribution in [0.2, 0.25) is 0 Å². The fourth-order valence-corrected chi connectivity index (χ4v) is 6.95. The van der Waals surface area contributed by atoms with Crippen molar-refractivity contribution < 1.29 is 13.2 Å². The fraction of sp³-hybridized carbons (Fsp3) is 0.435. The van der Waals surface area contributed by atoms with Gasteiger partial charge in [-0.1, -0.05) is 30.0 Å². The van der Waals surface area contributed by atoms with E-state index in [-0.39, 0.29) is 29.1 Å². The van der Waals surface area contributed by atoms with E-state index in [0.29, 0.717) is 23.1 Å². The Balaban J connectivity index is 1.33. The van der Waals surface area contributed by atoms with Crippen LogP contribution in [-0.4, -0.2) is 50.8 Å². The molecule has 1 saturated carbocycles. The second kappa shape index (κ2) is 8.19. The Morgan fingerprint density at radius 2 is 1.91 bits per heavy atom. The molecule has 2 fully saturated rings. The lowest BCUT2D eigenvalue weighted by Gasteiger charge is -2.16. The van der Waals surface area contributed by atoms with Crippen LogP contribution in [0.15, 0.2) is 41.6 Å². The maximum atomic E-state index is 13.0. The van der Waals surface area contributed by atoms with Gasteiger partial charge in [0.1, 0.15) is 5.82 Å².